The lowest BCUT2D eigenvalue weighted by atomic mass is 9.94. The number of hydrogen-bond donors (Lipinski definition) is 2. The van der Waals surface area contributed by atoms with Crippen LogP contribution in [0.2, 0.25) is 10.0 Å². The normalized spacial score (nSPS) is 16.2. The second-order valence-corrected chi connectivity index (χ2v) is 5.91. The molecule has 1 aliphatic heterocycles. The van der Waals surface area contributed by atoms with Gasteiger partial charge in [0.1, 0.15) is 0 Å². The van der Waals surface area contributed by atoms with Crippen LogP contribution in [0.25, 0.3) is 0 Å². The minimum Gasteiger partial charge on any atom is -0.330 e. The molecule has 1 aliphatic rings. The predicted molar refractivity (Wildman–Crippen MR) is 83.4 cm³/mol. The Hall–Kier alpha value is -0.970. The summed E-state index contributed by atoms with van der Waals surface area (Å²) in [5.41, 5.74) is 6.12. The third-order valence-electron chi connectivity index (χ3n) is 3.65. The second-order valence-electron chi connectivity index (χ2n) is 5.06. The largest absolute Gasteiger partial charge is 0.330 e. The van der Waals surface area contributed by atoms with Gasteiger partial charge in [-0.3, -0.25) is 0 Å². The molecule has 0 radical (unpaired) electrons. The minimum absolute atomic E-state index is 0.125. The van der Waals surface area contributed by atoms with Crippen molar-refractivity contribution >= 4 is 34.9 Å². The number of nitrogens with two attached hydrogens (primary N) is 1. The van der Waals surface area contributed by atoms with E-state index in [2.05, 4.69) is 5.32 Å². The standard InChI is InChI=1S/C14H19Cl2N3O/c15-11-1-2-12(16)13(9-11)18-14(20)19-7-4-10(3-6-17)5-8-19/h1-2,9-10H,3-8,17H2,(H,18,20). The lowest BCUT2D eigenvalue weighted by molar-refractivity contribution is 0.180. The number of carbonyl (C=O) groups is 1. The maximum Gasteiger partial charge on any atom is 0.321 e. The Morgan fingerprint density at radius 3 is 2.70 bits per heavy atom. The molecule has 1 aromatic rings. The van der Waals surface area contributed by atoms with Crippen LogP contribution in [0.5, 0.6) is 0 Å². The number of carbonyl (C=O) groups excluding carboxylic acids is 1. The van der Waals surface area contributed by atoms with Crippen LogP contribution in [0.4, 0.5) is 10.5 Å². The lowest BCUT2D eigenvalue weighted by Crippen LogP contribution is -2.41. The molecular formula is C14H19Cl2N3O. The first-order chi connectivity index (χ1) is 9.60. The van der Waals surface area contributed by atoms with E-state index in [4.69, 9.17) is 28.9 Å². The number of halogens is 2. The van der Waals surface area contributed by atoms with Gasteiger partial charge < -0.3 is 16.0 Å². The van der Waals surface area contributed by atoms with Crippen LogP contribution in [0, 0.1) is 5.92 Å². The van der Waals surface area contributed by atoms with Crippen molar-refractivity contribution in [1.29, 1.82) is 0 Å². The van der Waals surface area contributed by atoms with Crippen LogP contribution >= 0.6 is 23.2 Å². The lowest BCUT2D eigenvalue weighted by Gasteiger charge is -2.32. The van der Waals surface area contributed by atoms with E-state index in [1.165, 1.54) is 0 Å². The quantitative estimate of drug-likeness (QED) is 0.895. The van der Waals surface area contributed by atoms with Crippen LogP contribution in [0.1, 0.15) is 19.3 Å². The highest BCUT2D eigenvalue weighted by Gasteiger charge is 2.22. The fraction of sp³-hybridized carbons (Fsp3) is 0.500. The molecule has 0 aromatic heterocycles. The van der Waals surface area contributed by atoms with E-state index in [-0.39, 0.29) is 6.03 Å². The van der Waals surface area contributed by atoms with Gasteiger partial charge in [0.25, 0.3) is 0 Å². The zero-order valence-electron chi connectivity index (χ0n) is 11.2. The fourth-order valence-corrected chi connectivity index (χ4v) is 2.78. The molecule has 0 atom stereocenters. The molecule has 3 N–H and O–H groups in total. The summed E-state index contributed by atoms with van der Waals surface area (Å²) < 4.78 is 0. The molecule has 0 bridgehead atoms. The van der Waals surface area contributed by atoms with E-state index >= 15 is 0 Å². The van der Waals surface area contributed by atoms with Crippen molar-refractivity contribution in [3.05, 3.63) is 28.2 Å². The van der Waals surface area contributed by atoms with Gasteiger partial charge >= 0.3 is 6.03 Å². The van der Waals surface area contributed by atoms with E-state index < -0.39 is 0 Å². The fourth-order valence-electron chi connectivity index (χ4n) is 2.45. The molecule has 0 unspecified atom stereocenters. The van der Waals surface area contributed by atoms with Crippen LogP contribution in [-0.2, 0) is 0 Å². The molecule has 2 amide bonds. The summed E-state index contributed by atoms with van der Waals surface area (Å²) in [7, 11) is 0. The van der Waals surface area contributed by atoms with Gasteiger partial charge in [0.05, 0.1) is 10.7 Å². The monoisotopic (exact) mass is 315 g/mol. The van der Waals surface area contributed by atoms with Crippen molar-refractivity contribution in [2.45, 2.75) is 19.3 Å². The summed E-state index contributed by atoms with van der Waals surface area (Å²) in [4.78, 5) is 14.0. The number of piperidine rings is 1. The first kappa shape index (κ1) is 15.4. The Labute approximate surface area is 129 Å². The maximum absolute atomic E-state index is 12.2. The summed E-state index contributed by atoms with van der Waals surface area (Å²) in [6.07, 6.45) is 3.05. The van der Waals surface area contributed by atoms with Crippen LogP contribution in [-0.4, -0.2) is 30.6 Å². The van der Waals surface area contributed by atoms with E-state index in [0.717, 1.165) is 38.9 Å². The maximum atomic E-state index is 12.2. The number of rotatable bonds is 3. The molecule has 20 heavy (non-hydrogen) atoms. The smallest absolute Gasteiger partial charge is 0.321 e. The van der Waals surface area contributed by atoms with Crippen molar-refractivity contribution in [2.24, 2.45) is 11.7 Å². The number of benzene rings is 1. The highest BCUT2D eigenvalue weighted by atomic mass is 35.5. The van der Waals surface area contributed by atoms with E-state index in [0.29, 0.717) is 21.7 Å². The summed E-state index contributed by atoms with van der Waals surface area (Å²) >= 11 is 11.9. The second kappa shape index (κ2) is 7.16. The first-order valence-electron chi connectivity index (χ1n) is 6.81. The summed E-state index contributed by atoms with van der Waals surface area (Å²) in [6.45, 7) is 2.23. The van der Waals surface area contributed by atoms with Gasteiger partial charge in [-0.1, -0.05) is 23.2 Å². The molecule has 1 heterocycles. The Bertz CT molecular complexity index is 473. The van der Waals surface area contributed by atoms with Crippen molar-refractivity contribution in [3.63, 3.8) is 0 Å². The topological polar surface area (TPSA) is 58.4 Å². The summed E-state index contributed by atoms with van der Waals surface area (Å²) in [5.74, 6) is 0.638. The number of amides is 2. The van der Waals surface area contributed by atoms with Crippen molar-refractivity contribution in [3.8, 4) is 0 Å². The summed E-state index contributed by atoms with van der Waals surface area (Å²) in [6, 6.07) is 4.90. The van der Waals surface area contributed by atoms with Gasteiger partial charge in [-0.25, -0.2) is 4.79 Å². The van der Waals surface area contributed by atoms with Gasteiger partial charge in [0.2, 0.25) is 0 Å². The molecule has 0 saturated carbocycles. The van der Waals surface area contributed by atoms with Crippen LogP contribution in [0.15, 0.2) is 18.2 Å². The Morgan fingerprint density at radius 1 is 1.35 bits per heavy atom. The third kappa shape index (κ3) is 4.01. The highest BCUT2D eigenvalue weighted by molar-refractivity contribution is 6.35. The van der Waals surface area contributed by atoms with Gasteiger partial charge in [0.15, 0.2) is 0 Å². The van der Waals surface area contributed by atoms with Gasteiger partial charge in [-0.05, 0) is 49.9 Å². The van der Waals surface area contributed by atoms with Gasteiger partial charge in [-0.2, -0.15) is 0 Å². The molecular weight excluding hydrogens is 297 g/mol. The highest BCUT2D eigenvalue weighted by Crippen LogP contribution is 2.26. The van der Waals surface area contributed by atoms with E-state index in [1.807, 2.05) is 4.90 Å². The Morgan fingerprint density at radius 2 is 2.05 bits per heavy atom. The number of likely N-dealkylation sites (tertiary alicyclic amines) is 1. The van der Waals surface area contributed by atoms with E-state index in [9.17, 15) is 4.79 Å². The molecule has 110 valence electrons. The first-order valence-corrected chi connectivity index (χ1v) is 7.57. The molecule has 1 fully saturated rings. The van der Waals surface area contributed by atoms with Crippen molar-refractivity contribution in [2.75, 3.05) is 25.0 Å². The molecule has 4 nitrogen and oxygen atoms in total. The third-order valence-corrected chi connectivity index (χ3v) is 4.21. The number of anilines is 1. The van der Waals surface area contributed by atoms with Crippen LogP contribution < -0.4 is 11.1 Å². The SMILES string of the molecule is NCCC1CCN(C(=O)Nc2cc(Cl)ccc2Cl)CC1. The van der Waals surface area contributed by atoms with E-state index in [1.54, 1.807) is 18.2 Å². The molecule has 1 saturated heterocycles. The number of urea groups is 1. The molecule has 6 heteroatoms. The van der Waals surface area contributed by atoms with Crippen LogP contribution in [0.3, 0.4) is 0 Å². The van der Waals surface area contributed by atoms with Crippen molar-refractivity contribution < 1.29 is 4.79 Å². The number of nitrogens with one attached hydrogen (secondary N) is 1. The Kier molecular flexibility index (Phi) is 5.52. The average Bonchev–Trinajstić information content (AvgIpc) is 2.44. The number of nitrogens with zero attached hydrogens (tertiary/aromatic N) is 1. The molecule has 1 aromatic carbocycles. The van der Waals surface area contributed by atoms with Crippen molar-refractivity contribution in [1.82, 2.24) is 4.90 Å². The molecule has 0 spiro atoms. The molecule has 2 rings (SSSR count). The number of hydrogen-bond acceptors (Lipinski definition) is 2. The van der Waals surface area contributed by atoms with Gasteiger partial charge in [0, 0.05) is 18.1 Å². The zero-order chi connectivity index (χ0) is 14.5. The Balaban J connectivity index is 1.91. The predicted octanol–water partition coefficient (Wildman–Crippen LogP) is 3.59. The van der Waals surface area contributed by atoms with Gasteiger partial charge in [-0.15, -0.1) is 0 Å². The zero-order valence-corrected chi connectivity index (χ0v) is 12.8. The summed E-state index contributed by atoms with van der Waals surface area (Å²) in [5, 5.41) is 3.85. The molecule has 0 aliphatic carbocycles. The average molecular weight is 316 g/mol. The minimum atomic E-state index is -0.125.